The van der Waals surface area contributed by atoms with Crippen molar-refractivity contribution >= 4 is 5.97 Å². The average Bonchev–Trinajstić information content (AvgIpc) is 2.42. The molecular weight excluding hydrogens is 270 g/mol. The van der Waals surface area contributed by atoms with E-state index < -0.39 is 12.1 Å². The number of nitrogens with two attached hydrogens (primary N) is 1. The molecule has 0 aliphatic heterocycles. The van der Waals surface area contributed by atoms with Crippen LogP contribution >= 0.6 is 0 Å². The van der Waals surface area contributed by atoms with Crippen molar-refractivity contribution in [2.24, 2.45) is 5.73 Å². The third-order valence-electron chi connectivity index (χ3n) is 2.82. The van der Waals surface area contributed by atoms with Crippen LogP contribution in [0.1, 0.15) is 33.3 Å². The predicted molar refractivity (Wildman–Crippen MR) is 81.7 cm³/mol. The van der Waals surface area contributed by atoms with E-state index in [9.17, 15) is 4.79 Å². The Balaban J connectivity index is 3.02. The van der Waals surface area contributed by atoms with Crippen LogP contribution < -0.4 is 15.2 Å². The van der Waals surface area contributed by atoms with Crippen LogP contribution in [0.25, 0.3) is 0 Å². The van der Waals surface area contributed by atoms with Crippen LogP contribution in [0, 0.1) is 0 Å². The minimum absolute atomic E-state index is 0.0119. The smallest absolute Gasteiger partial charge is 0.347 e. The lowest BCUT2D eigenvalue weighted by molar-refractivity contribution is -0.150. The Hall–Kier alpha value is -1.75. The molecule has 0 aliphatic carbocycles. The molecule has 5 heteroatoms. The van der Waals surface area contributed by atoms with Gasteiger partial charge in [-0.25, -0.2) is 4.79 Å². The lowest BCUT2D eigenvalue weighted by atomic mass is 10.1. The molecule has 21 heavy (non-hydrogen) atoms. The van der Waals surface area contributed by atoms with Crippen LogP contribution in [0.3, 0.4) is 0 Å². The molecule has 118 valence electrons. The maximum absolute atomic E-state index is 11.7. The van der Waals surface area contributed by atoms with Gasteiger partial charge < -0.3 is 19.9 Å². The second-order valence-corrected chi connectivity index (χ2v) is 4.87. The van der Waals surface area contributed by atoms with Crippen LogP contribution in [0.15, 0.2) is 18.2 Å². The maximum Gasteiger partial charge on any atom is 0.347 e. The van der Waals surface area contributed by atoms with Gasteiger partial charge in [-0.1, -0.05) is 12.1 Å². The summed E-state index contributed by atoms with van der Waals surface area (Å²) in [6.07, 6.45) is -0.0513. The number of carbonyl (C=O) groups excluding carboxylic acids is 1. The van der Waals surface area contributed by atoms with Gasteiger partial charge >= 0.3 is 5.97 Å². The summed E-state index contributed by atoms with van der Waals surface area (Å²) in [5.41, 5.74) is 6.79. The van der Waals surface area contributed by atoms with Crippen LogP contribution in [0.2, 0.25) is 0 Å². The molecule has 0 radical (unpaired) electrons. The molecule has 0 aromatic heterocycles. The third kappa shape index (κ3) is 5.27. The molecule has 2 unspecified atom stereocenters. The van der Waals surface area contributed by atoms with Crippen molar-refractivity contribution in [2.75, 3.05) is 13.2 Å². The van der Waals surface area contributed by atoms with E-state index in [1.54, 1.807) is 13.8 Å². The van der Waals surface area contributed by atoms with Crippen LogP contribution in [0.4, 0.5) is 0 Å². The van der Waals surface area contributed by atoms with E-state index in [0.717, 1.165) is 5.56 Å². The van der Waals surface area contributed by atoms with Crippen LogP contribution in [-0.4, -0.2) is 31.3 Å². The number of esters is 1. The Labute approximate surface area is 126 Å². The van der Waals surface area contributed by atoms with E-state index in [0.29, 0.717) is 31.1 Å². The Morgan fingerprint density at radius 3 is 2.52 bits per heavy atom. The number of ether oxygens (including phenoxy) is 3. The van der Waals surface area contributed by atoms with Gasteiger partial charge in [0.1, 0.15) is 0 Å². The Morgan fingerprint density at radius 1 is 1.24 bits per heavy atom. The van der Waals surface area contributed by atoms with E-state index >= 15 is 0 Å². The molecule has 0 aliphatic rings. The monoisotopic (exact) mass is 295 g/mol. The predicted octanol–water partition coefficient (Wildman–Crippen LogP) is 2.31. The molecule has 0 fully saturated rings. The number of hydrogen-bond acceptors (Lipinski definition) is 5. The van der Waals surface area contributed by atoms with E-state index in [1.165, 1.54) is 0 Å². The SMILES string of the molecule is CCOC(=O)C(C)Oc1c(CC(C)N)cccc1OCC. The van der Waals surface area contributed by atoms with Gasteiger partial charge in [0.25, 0.3) is 0 Å². The summed E-state index contributed by atoms with van der Waals surface area (Å²) in [7, 11) is 0. The van der Waals surface area contributed by atoms with E-state index in [2.05, 4.69) is 0 Å². The number of rotatable bonds is 8. The third-order valence-corrected chi connectivity index (χ3v) is 2.82. The molecule has 0 bridgehead atoms. The molecule has 0 spiro atoms. The summed E-state index contributed by atoms with van der Waals surface area (Å²) in [6, 6.07) is 5.63. The van der Waals surface area contributed by atoms with Gasteiger partial charge in [0.15, 0.2) is 17.6 Å². The highest BCUT2D eigenvalue weighted by Gasteiger charge is 2.20. The summed E-state index contributed by atoms with van der Waals surface area (Å²) in [6.45, 7) is 8.09. The van der Waals surface area contributed by atoms with Gasteiger partial charge in [0.05, 0.1) is 13.2 Å². The Kier molecular flexibility index (Phi) is 7.02. The number of hydrogen-bond donors (Lipinski definition) is 1. The van der Waals surface area contributed by atoms with Gasteiger partial charge in [-0.15, -0.1) is 0 Å². The number of para-hydroxylation sites is 1. The lowest BCUT2D eigenvalue weighted by Gasteiger charge is -2.20. The molecular formula is C16H25NO4. The van der Waals surface area contributed by atoms with Crippen molar-refractivity contribution in [3.8, 4) is 11.5 Å². The summed E-state index contributed by atoms with van der Waals surface area (Å²) in [5, 5.41) is 0. The summed E-state index contributed by atoms with van der Waals surface area (Å²) in [5.74, 6) is 0.791. The molecule has 1 rings (SSSR count). The van der Waals surface area contributed by atoms with Crippen LogP contribution in [-0.2, 0) is 16.0 Å². The molecule has 0 saturated carbocycles. The molecule has 0 saturated heterocycles. The molecule has 1 aromatic rings. The Morgan fingerprint density at radius 2 is 1.95 bits per heavy atom. The van der Waals surface area contributed by atoms with Crippen molar-refractivity contribution in [1.82, 2.24) is 0 Å². The zero-order chi connectivity index (χ0) is 15.8. The zero-order valence-corrected chi connectivity index (χ0v) is 13.2. The fourth-order valence-corrected chi connectivity index (χ4v) is 1.96. The lowest BCUT2D eigenvalue weighted by Crippen LogP contribution is -2.27. The van der Waals surface area contributed by atoms with E-state index in [-0.39, 0.29) is 6.04 Å². The molecule has 5 nitrogen and oxygen atoms in total. The molecule has 0 amide bonds. The minimum atomic E-state index is -0.696. The molecule has 2 N–H and O–H groups in total. The average molecular weight is 295 g/mol. The second-order valence-electron chi connectivity index (χ2n) is 4.87. The summed E-state index contributed by atoms with van der Waals surface area (Å²) >= 11 is 0. The van der Waals surface area contributed by atoms with Crippen molar-refractivity contribution in [1.29, 1.82) is 0 Å². The first kappa shape index (κ1) is 17.3. The molecule has 2 atom stereocenters. The quantitative estimate of drug-likeness (QED) is 0.745. The standard InChI is InChI=1S/C16H25NO4/c1-5-19-14-9-7-8-13(10-11(3)17)15(14)21-12(4)16(18)20-6-2/h7-9,11-12H,5-6,10,17H2,1-4H3. The fraction of sp³-hybridized carbons (Fsp3) is 0.562. The largest absolute Gasteiger partial charge is 0.490 e. The van der Waals surface area contributed by atoms with Gasteiger partial charge in [0, 0.05) is 6.04 Å². The highest BCUT2D eigenvalue weighted by atomic mass is 16.6. The van der Waals surface area contributed by atoms with Gasteiger partial charge in [0.2, 0.25) is 0 Å². The minimum Gasteiger partial charge on any atom is -0.490 e. The van der Waals surface area contributed by atoms with Crippen molar-refractivity contribution in [3.05, 3.63) is 23.8 Å². The van der Waals surface area contributed by atoms with Crippen LogP contribution in [0.5, 0.6) is 11.5 Å². The van der Waals surface area contributed by atoms with E-state index in [1.807, 2.05) is 32.0 Å². The van der Waals surface area contributed by atoms with Gasteiger partial charge in [-0.2, -0.15) is 0 Å². The van der Waals surface area contributed by atoms with Gasteiger partial charge in [-0.05, 0) is 45.7 Å². The second kappa shape index (κ2) is 8.52. The number of benzene rings is 1. The molecule has 0 heterocycles. The first-order valence-electron chi connectivity index (χ1n) is 7.33. The first-order chi connectivity index (χ1) is 9.99. The van der Waals surface area contributed by atoms with Crippen molar-refractivity contribution in [2.45, 2.75) is 46.3 Å². The van der Waals surface area contributed by atoms with E-state index in [4.69, 9.17) is 19.9 Å². The number of carbonyl (C=O) groups is 1. The van der Waals surface area contributed by atoms with Gasteiger partial charge in [-0.3, -0.25) is 0 Å². The molecule has 1 aromatic carbocycles. The van der Waals surface area contributed by atoms with Crippen molar-refractivity contribution < 1.29 is 19.0 Å². The summed E-state index contributed by atoms with van der Waals surface area (Å²) in [4.78, 5) is 11.7. The fourth-order valence-electron chi connectivity index (χ4n) is 1.96. The highest BCUT2D eigenvalue weighted by Crippen LogP contribution is 2.33. The normalized spacial score (nSPS) is 13.4. The maximum atomic E-state index is 11.7. The first-order valence-corrected chi connectivity index (χ1v) is 7.33. The topological polar surface area (TPSA) is 70.8 Å². The van der Waals surface area contributed by atoms with Crippen molar-refractivity contribution in [3.63, 3.8) is 0 Å². The highest BCUT2D eigenvalue weighted by molar-refractivity contribution is 5.74. The summed E-state index contributed by atoms with van der Waals surface area (Å²) < 4.78 is 16.3. The Bertz CT molecular complexity index is 460. The zero-order valence-electron chi connectivity index (χ0n) is 13.2.